The monoisotopic (exact) mass is 207 g/mol. The van der Waals surface area contributed by atoms with Gasteiger partial charge in [-0.3, -0.25) is 0 Å². The van der Waals surface area contributed by atoms with Gasteiger partial charge in [-0.1, -0.05) is 37.5 Å². The van der Waals surface area contributed by atoms with Crippen LogP contribution in [0.1, 0.15) is 43.6 Å². The summed E-state index contributed by atoms with van der Waals surface area (Å²) < 4.78 is 13.6. The summed E-state index contributed by atoms with van der Waals surface area (Å²) in [6.07, 6.45) is 5.65. The average Bonchev–Trinajstić information content (AvgIpc) is 2.44. The highest BCUT2D eigenvalue weighted by atomic mass is 19.1. The molecule has 1 aromatic rings. The van der Waals surface area contributed by atoms with Gasteiger partial charge in [-0.05, 0) is 24.5 Å². The zero-order chi connectivity index (χ0) is 10.7. The molecule has 1 fully saturated rings. The van der Waals surface area contributed by atoms with Gasteiger partial charge in [0.25, 0.3) is 0 Å². The van der Waals surface area contributed by atoms with E-state index < -0.39 is 0 Å². The first-order chi connectivity index (χ1) is 7.29. The number of rotatable bonds is 1. The van der Waals surface area contributed by atoms with Crippen LogP contribution in [-0.4, -0.2) is 6.04 Å². The Balaban J connectivity index is 2.24. The molecule has 1 saturated carbocycles. The van der Waals surface area contributed by atoms with Crippen molar-refractivity contribution >= 4 is 0 Å². The molecule has 0 heterocycles. The molecule has 1 aliphatic rings. The van der Waals surface area contributed by atoms with Crippen molar-refractivity contribution in [1.82, 2.24) is 0 Å². The third kappa shape index (κ3) is 2.37. The Bertz CT molecular complexity index is 324. The molecule has 0 radical (unpaired) electrons. The summed E-state index contributed by atoms with van der Waals surface area (Å²) in [7, 11) is 0. The Morgan fingerprint density at radius 1 is 1.07 bits per heavy atom. The van der Waals surface area contributed by atoms with Crippen LogP contribution in [-0.2, 0) is 0 Å². The molecule has 0 saturated heterocycles. The van der Waals surface area contributed by atoms with Crippen LogP contribution in [0.25, 0.3) is 0 Å². The van der Waals surface area contributed by atoms with Crippen LogP contribution < -0.4 is 5.73 Å². The first-order valence-electron chi connectivity index (χ1n) is 5.79. The maximum atomic E-state index is 13.6. The van der Waals surface area contributed by atoms with Crippen LogP contribution in [0.2, 0.25) is 0 Å². The van der Waals surface area contributed by atoms with E-state index in [1.807, 2.05) is 12.1 Å². The van der Waals surface area contributed by atoms with Crippen LogP contribution in [0.3, 0.4) is 0 Å². The smallest absolute Gasteiger partial charge is 0.126 e. The van der Waals surface area contributed by atoms with Gasteiger partial charge in [-0.25, -0.2) is 4.39 Å². The molecule has 2 unspecified atom stereocenters. The van der Waals surface area contributed by atoms with Crippen molar-refractivity contribution < 1.29 is 4.39 Å². The lowest BCUT2D eigenvalue weighted by atomic mass is 9.88. The Labute approximate surface area is 90.5 Å². The average molecular weight is 207 g/mol. The SMILES string of the molecule is NC1CCCCCC1c1ccccc1F. The summed E-state index contributed by atoms with van der Waals surface area (Å²) in [5.41, 5.74) is 6.93. The molecule has 82 valence electrons. The number of hydrogen-bond acceptors (Lipinski definition) is 1. The topological polar surface area (TPSA) is 26.0 Å². The third-order valence-corrected chi connectivity index (χ3v) is 3.37. The molecule has 2 atom stereocenters. The van der Waals surface area contributed by atoms with Gasteiger partial charge in [0.2, 0.25) is 0 Å². The summed E-state index contributed by atoms with van der Waals surface area (Å²) in [6.45, 7) is 0. The van der Waals surface area contributed by atoms with Gasteiger partial charge in [0.05, 0.1) is 0 Å². The minimum absolute atomic E-state index is 0.0974. The molecule has 0 bridgehead atoms. The highest BCUT2D eigenvalue weighted by molar-refractivity contribution is 5.23. The molecule has 0 spiro atoms. The van der Waals surface area contributed by atoms with Gasteiger partial charge >= 0.3 is 0 Å². The lowest BCUT2D eigenvalue weighted by Crippen LogP contribution is -2.27. The summed E-state index contributed by atoms with van der Waals surface area (Å²) in [6, 6.07) is 7.18. The highest BCUT2D eigenvalue weighted by Gasteiger charge is 2.23. The van der Waals surface area contributed by atoms with Crippen LogP contribution >= 0.6 is 0 Å². The molecule has 0 aliphatic heterocycles. The van der Waals surface area contributed by atoms with E-state index in [0.29, 0.717) is 0 Å². The standard InChI is InChI=1S/C13H18FN/c14-12-8-5-4-6-10(12)11-7-2-1-3-9-13(11)15/h4-6,8,11,13H,1-3,7,9,15H2. The maximum absolute atomic E-state index is 13.6. The van der Waals surface area contributed by atoms with Crippen molar-refractivity contribution in [3.63, 3.8) is 0 Å². The second kappa shape index (κ2) is 4.75. The second-order valence-corrected chi connectivity index (χ2v) is 4.43. The number of halogens is 1. The molecule has 2 rings (SSSR count). The predicted molar refractivity (Wildman–Crippen MR) is 60.2 cm³/mol. The van der Waals surface area contributed by atoms with Crippen molar-refractivity contribution in [2.24, 2.45) is 5.73 Å². The largest absolute Gasteiger partial charge is 0.327 e. The summed E-state index contributed by atoms with van der Waals surface area (Å²) in [5, 5.41) is 0. The van der Waals surface area contributed by atoms with Gasteiger partial charge in [0.15, 0.2) is 0 Å². The Hall–Kier alpha value is -0.890. The van der Waals surface area contributed by atoms with Crippen LogP contribution in [0.15, 0.2) is 24.3 Å². The van der Waals surface area contributed by atoms with E-state index in [0.717, 1.165) is 18.4 Å². The molecule has 1 aliphatic carbocycles. The quantitative estimate of drug-likeness (QED) is 0.703. The van der Waals surface area contributed by atoms with Gasteiger partial charge < -0.3 is 5.73 Å². The fourth-order valence-corrected chi connectivity index (χ4v) is 2.50. The van der Waals surface area contributed by atoms with E-state index in [4.69, 9.17) is 5.73 Å². The minimum atomic E-state index is -0.0974. The molecule has 2 heteroatoms. The third-order valence-electron chi connectivity index (χ3n) is 3.37. The van der Waals surface area contributed by atoms with Crippen LogP contribution in [0, 0.1) is 5.82 Å². The van der Waals surface area contributed by atoms with E-state index >= 15 is 0 Å². The van der Waals surface area contributed by atoms with E-state index in [-0.39, 0.29) is 17.8 Å². The lowest BCUT2D eigenvalue weighted by Gasteiger charge is -2.22. The Morgan fingerprint density at radius 2 is 1.80 bits per heavy atom. The zero-order valence-electron chi connectivity index (χ0n) is 8.95. The predicted octanol–water partition coefficient (Wildman–Crippen LogP) is 3.20. The normalized spacial score (nSPS) is 27.3. The molecule has 1 aromatic carbocycles. The van der Waals surface area contributed by atoms with Crippen molar-refractivity contribution in [3.05, 3.63) is 35.6 Å². The van der Waals surface area contributed by atoms with E-state index in [1.54, 1.807) is 6.07 Å². The van der Waals surface area contributed by atoms with Crippen molar-refractivity contribution in [2.75, 3.05) is 0 Å². The summed E-state index contributed by atoms with van der Waals surface area (Å²) in [4.78, 5) is 0. The van der Waals surface area contributed by atoms with Gasteiger partial charge in [0, 0.05) is 12.0 Å². The zero-order valence-corrected chi connectivity index (χ0v) is 8.95. The highest BCUT2D eigenvalue weighted by Crippen LogP contribution is 2.32. The molecule has 0 aromatic heterocycles. The number of nitrogens with two attached hydrogens (primary N) is 1. The molecular formula is C13H18FN. The number of benzene rings is 1. The first kappa shape index (κ1) is 10.6. The van der Waals surface area contributed by atoms with E-state index in [1.165, 1.54) is 25.3 Å². The molecule has 15 heavy (non-hydrogen) atoms. The van der Waals surface area contributed by atoms with Crippen molar-refractivity contribution in [3.8, 4) is 0 Å². The van der Waals surface area contributed by atoms with E-state index in [2.05, 4.69) is 0 Å². The molecule has 2 N–H and O–H groups in total. The van der Waals surface area contributed by atoms with Gasteiger partial charge in [-0.2, -0.15) is 0 Å². The molecule has 0 amide bonds. The maximum Gasteiger partial charge on any atom is 0.126 e. The van der Waals surface area contributed by atoms with Gasteiger partial charge in [0.1, 0.15) is 5.82 Å². The fourth-order valence-electron chi connectivity index (χ4n) is 2.50. The molecular weight excluding hydrogens is 189 g/mol. The van der Waals surface area contributed by atoms with Gasteiger partial charge in [-0.15, -0.1) is 0 Å². The van der Waals surface area contributed by atoms with Crippen molar-refractivity contribution in [2.45, 2.75) is 44.1 Å². The summed E-state index contributed by atoms with van der Waals surface area (Å²) >= 11 is 0. The Morgan fingerprint density at radius 3 is 2.60 bits per heavy atom. The summed E-state index contributed by atoms with van der Waals surface area (Å²) in [5.74, 6) is 0.119. The van der Waals surface area contributed by atoms with Crippen LogP contribution in [0.5, 0.6) is 0 Å². The first-order valence-corrected chi connectivity index (χ1v) is 5.79. The Kier molecular flexibility index (Phi) is 3.37. The minimum Gasteiger partial charge on any atom is -0.327 e. The van der Waals surface area contributed by atoms with Crippen LogP contribution in [0.4, 0.5) is 4.39 Å². The second-order valence-electron chi connectivity index (χ2n) is 4.43. The fraction of sp³-hybridized carbons (Fsp3) is 0.538. The number of hydrogen-bond donors (Lipinski definition) is 1. The lowest BCUT2D eigenvalue weighted by molar-refractivity contribution is 0.479. The van der Waals surface area contributed by atoms with Crippen molar-refractivity contribution in [1.29, 1.82) is 0 Å². The van der Waals surface area contributed by atoms with E-state index in [9.17, 15) is 4.39 Å². The molecule has 1 nitrogen and oxygen atoms in total.